The number of hydrogen-bond donors (Lipinski definition) is 0. The van der Waals surface area contributed by atoms with Gasteiger partial charge in [-0.1, -0.05) is 0 Å². The topological polar surface area (TPSA) is 0 Å². The summed E-state index contributed by atoms with van der Waals surface area (Å²) in [6, 6.07) is 0. The molecule has 2 rings (SSSR count). The Kier molecular flexibility index (Phi) is 20.2. The summed E-state index contributed by atoms with van der Waals surface area (Å²) in [5.41, 5.74) is 0. The summed E-state index contributed by atoms with van der Waals surface area (Å²) >= 11 is 0. The molecule has 0 aromatic carbocycles. The van der Waals surface area contributed by atoms with Gasteiger partial charge in [-0.15, -0.1) is 12.8 Å². The van der Waals surface area contributed by atoms with Crippen molar-refractivity contribution < 1.29 is 21.7 Å². The molecule has 2 aliphatic carbocycles. The summed E-state index contributed by atoms with van der Waals surface area (Å²) in [5, 5.41) is 0. The van der Waals surface area contributed by atoms with E-state index >= 15 is 0 Å². The van der Waals surface area contributed by atoms with Gasteiger partial charge in [0, 0.05) is 0 Å². The molecule has 0 amide bonds. The van der Waals surface area contributed by atoms with E-state index in [2.05, 4.69) is 24.3 Å². The number of rotatable bonds is 0. The zero-order valence-corrected chi connectivity index (χ0v) is 9.94. The zero-order valence-electron chi connectivity index (χ0n) is 8.38. The molecule has 68 valence electrons. The van der Waals surface area contributed by atoms with Crippen molar-refractivity contribution in [2.45, 2.75) is 12.8 Å². The maximum absolute atomic E-state index is 2.99. The summed E-state index contributed by atoms with van der Waals surface area (Å²) in [5.74, 6) is 0. The maximum Gasteiger partial charge on any atom is 4.00 e. The van der Waals surface area contributed by atoms with Crippen molar-refractivity contribution in [2.75, 3.05) is 0 Å². The Balaban J connectivity index is -0.000000125. The molecule has 0 bridgehead atoms. The Morgan fingerprint density at radius 2 is 1.15 bits per heavy atom. The van der Waals surface area contributed by atoms with Crippen LogP contribution in [0.5, 0.6) is 0 Å². The van der Waals surface area contributed by atoms with Gasteiger partial charge >= 0.3 is 21.7 Å². The minimum Gasteiger partial charge on any atom is -0.358 e. The molecule has 0 fully saturated rings. The Morgan fingerprint density at radius 1 is 0.769 bits per heavy atom. The first kappa shape index (κ1) is 18.5. The molecular weight excluding hydrogens is 192 g/mol. The van der Waals surface area contributed by atoms with Crippen molar-refractivity contribution in [1.82, 2.24) is 0 Å². The Hall–Kier alpha value is -0.326. The second-order valence-corrected chi connectivity index (χ2v) is 2.01. The van der Waals surface area contributed by atoms with Gasteiger partial charge in [0.2, 0.25) is 0 Å². The van der Waals surface area contributed by atoms with E-state index in [0.29, 0.717) is 0 Å². The first-order valence-corrected chi connectivity index (χ1v) is 3.43. The molecule has 0 aromatic heterocycles. The second-order valence-electron chi connectivity index (χ2n) is 2.01. The van der Waals surface area contributed by atoms with Crippen LogP contribution in [0.2, 0.25) is 0 Å². The first-order chi connectivity index (χ1) is 5.00. The third kappa shape index (κ3) is 11.7. The third-order valence-electron chi connectivity index (χ3n) is 1.17. The molecule has 0 aliphatic heterocycles. The van der Waals surface area contributed by atoms with Gasteiger partial charge in [0.25, 0.3) is 0 Å². The molecule has 0 heterocycles. The van der Waals surface area contributed by atoms with Crippen LogP contribution in [-0.4, -0.2) is 0 Å². The smallest absolute Gasteiger partial charge is 0.358 e. The number of allylic oxidation sites excluding steroid dienone is 8. The Bertz CT molecular complexity index is 143. The summed E-state index contributed by atoms with van der Waals surface area (Å²) in [6.07, 6.45) is 20.0. The van der Waals surface area contributed by atoms with Crippen molar-refractivity contribution >= 4 is 0 Å². The van der Waals surface area contributed by atoms with Gasteiger partial charge in [-0.05, 0) is 0 Å². The van der Waals surface area contributed by atoms with Crippen LogP contribution >= 0.6 is 0 Å². The van der Waals surface area contributed by atoms with Crippen LogP contribution in [0, 0.1) is 27.0 Å². The van der Waals surface area contributed by atoms with E-state index in [4.69, 9.17) is 0 Å². The second kappa shape index (κ2) is 14.2. The Morgan fingerprint density at radius 3 is 1.23 bits per heavy atom. The molecule has 0 saturated carbocycles. The van der Waals surface area contributed by atoms with Gasteiger partial charge in [0.1, 0.15) is 0 Å². The Labute approximate surface area is 98.0 Å². The molecular formula is C12H16Ti. The molecule has 0 aromatic rings. The van der Waals surface area contributed by atoms with Crippen molar-refractivity contribution in [3.05, 3.63) is 63.5 Å². The zero-order chi connectivity index (χ0) is 7.07. The van der Waals surface area contributed by atoms with E-state index in [1.807, 2.05) is 24.3 Å². The third-order valence-corrected chi connectivity index (χ3v) is 1.17. The quantitative estimate of drug-likeness (QED) is 0.422. The van der Waals surface area contributed by atoms with Crippen molar-refractivity contribution in [3.63, 3.8) is 0 Å². The maximum atomic E-state index is 2.99. The fourth-order valence-corrected chi connectivity index (χ4v) is 0.680. The van der Waals surface area contributed by atoms with Gasteiger partial charge in [-0.2, -0.15) is 12.2 Å². The van der Waals surface area contributed by atoms with Gasteiger partial charge in [-0.25, -0.2) is 24.3 Å². The molecule has 0 radical (unpaired) electrons. The van der Waals surface area contributed by atoms with E-state index in [9.17, 15) is 0 Å². The van der Waals surface area contributed by atoms with Crippen molar-refractivity contribution in [1.29, 1.82) is 0 Å². The van der Waals surface area contributed by atoms with Crippen LogP contribution in [-0.2, 0) is 21.7 Å². The molecule has 13 heavy (non-hydrogen) atoms. The summed E-state index contributed by atoms with van der Waals surface area (Å²) < 4.78 is 0. The fraction of sp³-hybridized carbons (Fsp3) is 0.167. The normalized spacial score (nSPS) is 13.5. The monoisotopic (exact) mass is 208 g/mol. The van der Waals surface area contributed by atoms with Crippen molar-refractivity contribution in [3.8, 4) is 0 Å². The van der Waals surface area contributed by atoms with Crippen LogP contribution in [0.15, 0.2) is 36.5 Å². The van der Waals surface area contributed by atoms with E-state index < -0.39 is 0 Å². The van der Waals surface area contributed by atoms with E-state index in [-0.39, 0.29) is 36.6 Å². The van der Waals surface area contributed by atoms with Crippen molar-refractivity contribution in [2.24, 2.45) is 0 Å². The van der Waals surface area contributed by atoms with E-state index in [1.54, 1.807) is 0 Å². The molecule has 0 atom stereocenters. The molecule has 0 nitrogen and oxygen atoms in total. The van der Waals surface area contributed by atoms with Gasteiger partial charge in [-0.3, -0.25) is 12.2 Å². The largest absolute Gasteiger partial charge is 4.00 e. The van der Waals surface area contributed by atoms with Crippen LogP contribution in [0.25, 0.3) is 0 Å². The molecule has 0 unspecified atom stereocenters. The predicted octanol–water partition coefficient (Wildman–Crippen LogP) is 3.51. The average molecular weight is 208 g/mol. The van der Waals surface area contributed by atoms with E-state index in [1.165, 1.54) is 0 Å². The molecule has 2 aliphatic rings. The van der Waals surface area contributed by atoms with Gasteiger partial charge < -0.3 is 14.9 Å². The minimum absolute atomic E-state index is 0. The van der Waals surface area contributed by atoms with Gasteiger partial charge in [0.05, 0.1) is 0 Å². The fourth-order valence-electron chi connectivity index (χ4n) is 0.680. The molecule has 0 saturated heterocycles. The summed E-state index contributed by atoms with van der Waals surface area (Å²) in [6.45, 7) is 0. The van der Waals surface area contributed by atoms with Crippen LogP contribution in [0.4, 0.5) is 0 Å². The van der Waals surface area contributed by atoms with Crippen LogP contribution in [0.1, 0.15) is 12.8 Å². The predicted molar refractivity (Wildman–Crippen MR) is 56.0 cm³/mol. The summed E-state index contributed by atoms with van der Waals surface area (Å²) in [7, 11) is 0. The van der Waals surface area contributed by atoms with E-state index in [0.717, 1.165) is 12.8 Å². The van der Waals surface area contributed by atoms with Gasteiger partial charge in [0.15, 0.2) is 0 Å². The van der Waals surface area contributed by atoms with Crippen LogP contribution < -0.4 is 0 Å². The SMILES string of the molecule is [C-]1=CC=CC1.[C-]1=CC=CC1.[CH3-].[CH3-].[Ti+4]. The molecule has 0 spiro atoms. The number of hydrogen-bond acceptors (Lipinski definition) is 0. The van der Waals surface area contributed by atoms with Crippen LogP contribution in [0.3, 0.4) is 0 Å². The average Bonchev–Trinajstić information content (AvgIpc) is 2.67. The summed E-state index contributed by atoms with van der Waals surface area (Å²) in [4.78, 5) is 0. The molecule has 0 N–H and O–H groups in total. The molecule has 1 heteroatoms. The minimum atomic E-state index is 0. The standard InChI is InChI=1S/2C5H5.2CH3.Ti/c2*1-2-4-5-3-1;;;/h2*1-3H,4H2;2*1H3;/q4*-1;+4. The first-order valence-electron chi connectivity index (χ1n) is 3.43.